The molecule has 1 aromatic carbocycles. The zero-order chi connectivity index (χ0) is 17.0. The number of carbonyl (C=O) groups is 1. The van der Waals surface area contributed by atoms with Crippen LogP contribution in [-0.2, 0) is 21.2 Å². The molecule has 0 fully saturated rings. The van der Waals surface area contributed by atoms with Crippen molar-refractivity contribution in [3.63, 3.8) is 0 Å². The van der Waals surface area contributed by atoms with Gasteiger partial charge in [0.15, 0.2) is 0 Å². The molecule has 0 heterocycles. The first-order valence-corrected chi connectivity index (χ1v) is 9.25. The van der Waals surface area contributed by atoms with Crippen molar-refractivity contribution in [1.82, 2.24) is 5.32 Å². The van der Waals surface area contributed by atoms with E-state index in [4.69, 9.17) is 0 Å². The molecule has 0 spiro atoms. The number of nitrogens with zero attached hydrogens (tertiary/aromatic N) is 1. The third-order valence-electron chi connectivity index (χ3n) is 3.31. The van der Waals surface area contributed by atoms with Crippen molar-refractivity contribution < 1.29 is 13.2 Å². The lowest BCUT2D eigenvalue weighted by atomic mass is 9.96. The Morgan fingerprint density at radius 2 is 1.73 bits per heavy atom. The van der Waals surface area contributed by atoms with Gasteiger partial charge in [-0.15, -0.1) is 0 Å². The van der Waals surface area contributed by atoms with Gasteiger partial charge in [0.25, 0.3) is 0 Å². The molecule has 0 aliphatic carbocycles. The third kappa shape index (κ3) is 5.33. The van der Waals surface area contributed by atoms with Crippen LogP contribution in [0.25, 0.3) is 0 Å². The number of aryl methyl sites for hydroxylation is 1. The molecule has 5 nitrogen and oxygen atoms in total. The Kier molecular flexibility index (Phi) is 6.00. The van der Waals surface area contributed by atoms with Crippen molar-refractivity contribution in [2.24, 2.45) is 5.41 Å². The van der Waals surface area contributed by atoms with Crippen molar-refractivity contribution in [3.05, 3.63) is 29.8 Å². The van der Waals surface area contributed by atoms with Crippen LogP contribution >= 0.6 is 0 Å². The largest absolute Gasteiger partial charge is 0.354 e. The first-order valence-electron chi connectivity index (χ1n) is 7.40. The zero-order valence-corrected chi connectivity index (χ0v) is 14.8. The number of hydrogen-bond donors (Lipinski definition) is 1. The number of hydrogen-bond acceptors (Lipinski definition) is 3. The van der Waals surface area contributed by atoms with Crippen LogP contribution < -0.4 is 9.62 Å². The molecule has 0 aliphatic heterocycles. The third-order valence-corrected chi connectivity index (χ3v) is 4.51. The number of amides is 1. The molecule has 1 N–H and O–H groups in total. The molecule has 0 aromatic heterocycles. The molecule has 22 heavy (non-hydrogen) atoms. The van der Waals surface area contributed by atoms with Gasteiger partial charge in [0.1, 0.15) is 0 Å². The van der Waals surface area contributed by atoms with E-state index in [1.165, 1.54) is 10.6 Å². The molecule has 0 saturated heterocycles. The Morgan fingerprint density at radius 1 is 1.18 bits per heavy atom. The summed E-state index contributed by atoms with van der Waals surface area (Å²) in [7, 11) is -3.39. The highest BCUT2D eigenvalue weighted by atomic mass is 32.2. The van der Waals surface area contributed by atoms with E-state index in [9.17, 15) is 13.2 Å². The van der Waals surface area contributed by atoms with Gasteiger partial charge in [-0.05, 0) is 24.1 Å². The molecule has 0 atom stereocenters. The SMILES string of the molecule is CCc1ccc(N(CCNC(=O)C(C)(C)C)S(C)(=O)=O)cc1. The topological polar surface area (TPSA) is 66.5 Å². The van der Waals surface area contributed by atoms with E-state index < -0.39 is 15.4 Å². The van der Waals surface area contributed by atoms with E-state index in [0.29, 0.717) is 5.69 Å². The fourth-order valence-electron chi connectivity index (χ4n) is 1.92. The second-order valence-electron chi connectivity index (χ2n) is 6.36. The number of sulfonamides is 1. The average Bonchev–Trinajstić information content (AvgIpc) is 2.41. The van der Waals surface area contributed by atoms with Crippen molar-refractivity contribution in [1.29, 1.82) is 0 Å². The number of rotatable bonds is 6. The number of nitrogens with one attached hydrogen (secondary N) is 1. The van der Waals surface area contributed by atoms with E-state index >= 15 is 0 Å². The van der Waals surface area contributed by atoms with E-state index in [2.05, 4.69) is 5.32 Å². The maximum absolute atomic E-state index is 12.0. The second-order valence-corrected chi connectivity index (χ2v) is 8.27. The van der Waals surface area contributed by atoms with Gasteiger partial charge >= 0.3 is 0 Å². The quantitative estimate of drug-likeness (QED) is 0.871. The monoisotopic (exact) mass is 326 g/mol. The van der Waals surface area contributed by atoms with Crippen LogP contribution in [0.4, 0.5) is 5.69 Å². The van der Waals surface area contributed by atoms with E-state index in [0.717, 1.165) is 12.0 Å². The Balaban J connectivity index is 2.80. The number of benzene rings is 1. The molecular weight excluding hydrogens is 300 g/mol. The van der Waals surface area contributed by atoms with E-state index in [-0.39, 0.29) is 19.0 Å². The smallest absolute Gasteiger partial charge is 0.232 e. The zero-order valence-electron chi connectivity index (χ0n) is 14.0. The van der Waals surface area contributed by atoms with Crippen molar-refractivity contribution >= 4 is 21.6 Å². The average molecular weight is 326 g/mol. The maximum atomic E-state index is 12.0. The fourth-order valence-corrected chi connectivity index (χ4v) is 2.85. The summed E-state index contributed by atoms with van der Waals surface area (Å²) in [5.74, 6) is -0.0951. The molecule has 1 rings (SSSR count). The van der Waals surface area contributed by atoms with Gasteiger partial charge < -0.3 is 5.32 Å². The van der Waals surface area contributed by atoms with Gasteiger partial charge in [0.05, 0.1) is 18.5 Å². The molecule has 0 unspecified atom stereocenters. The lowest BCUT2D eigenvalue weighted by Crippen LogP contribution is -2.41. The highest BCUT2D eigenvalue weighted by Gasteiger charge is 2.22. The van der Waals surface area contributed by atoms with Crippen LogP contribution in [0.5, 0.6) is 0 Å². The van der Waals surface area contributed by atoms with Gasteiger partial charge in [-0.2, -0.15) is 0 Å². The first kappa shape index (κ1) is 18.5. The van der Waals surface area contributed by atoms with Crippen molar-refractivity contribution in [2.75, 3.05) is 23.7 Å². The minimum Gasteiger partial charge on any atom is -0.354 e. The molecular formula is C16H26N2O3S. The standard InChI is InChI=1S/C16H26N2O3S/c1-6-13-7-9-14(10-8-13)18(22(5,20)21)12-11-17-15(19)16(2,3)4/h7-10H,6,11-12H2,1-5H3,(H,17,19). The lowest BCUT2D eigenvalue weighted by molar-refractivity contribution is -0.128. The fraction of sp³-hybridized carbons (Fsp3) is 0.562. The van der Waals surface area contributed by atoms with Gasteiger partial charge in [-0.1, -0.05) is 39.8 Å². The van der Waals surface area contributed by atoms with Crippen LogP contribution in [0.3, 0.4) is 0 Å². The van der Waals surface area contributed by atoms with Crippen LogP contribution in [-0.4, -0.2) is 33.7 Å². The molecule has 0 aliphatic rings. The van der Waals surface area contributed by atoms with Gasteiger partial charge in [-0.3, -0.25) is 9.10 Å². The van der Waals surface area contributed by atoms with Crippen LogP contribution in [0.2, 0.25) is 0 Å². The summed E-state index contributed by atoms with van der Waals surface area (Å²) in [4.78, 5) is 11.8. The Morgan fingerprint density at radius 3 is 2.14 bits per heavy atom. The Bertz CT molecular complexity index is 601. The molecule has 0 saturated carbocycles. The summed E-state index contributed by atoms with van der Waals surface area (Å²) in [6.45, 7) is 8.00. The van der Waals surface area contributed by atoms with Crippen molar-refractivity contribution in [2.45, 2.75) is 34.1 Å². The summed E-state index contributed by atoms with van der Waals surface area (Å²) in [5.41, 5.74) is 1.28. The van der Waals surface area contributed by atoms with Gasteiger partial charge in [-0.25, -0.2) is 8.42 Å². The molecule has 1 amide bonds. The maximum Gasteiger partial charge on any atom is 0.232 e. The summed E-state index contributed by atoms with van der Waals surface area (Å²) in [6, 6.07) is 7.43. The summed E-state index contributed by atoms with van der Waals surface area (Å²) < 4.78 is 25.3. The molecule has 124 valence electrons. The normalized spacial score (nSPS) is 12.0. The second kappa shape index (κ2) is 7.13. The van der Waals surface area contributed by atoms with Gasteiger partial charge in [0.2, 0.25) is 15.9 Å². The minimum atomic E-state index is -3.39. The van der Waals surface area contributed by atoms with Crippen LogP contribution in [0.1, 0.15) is 33.3 Å². The predicted molar refractivity (Wildman–Crippen MR) is 90.5 cm³/mol. The molecule has 0 bridgehead atoms. The molecule has 6 heteroatoms. The summed E-state index contributed by atoms with van der Waals surface area (Å²) >= 11 is 0. The summed E-state index contributed by atoms with van der Waals surface area (Å²) in [5, 5.41) is 2.77. The van der Waals surface area contributed by atoms with Crippen LogP contribution in [0, 0.1) is 5.41 Å². The van der Waals surface area contributed by atoms with Gasteiger partial charge in [0, 0.05) is 12.0 Å². The Labute approximate surface area is 133 Å². The number of carbonyl (C=O) groups excluding carboxylic acids is 1. The lowest BCUT2D eigenvalue weighted by Gasteiger charge is -2.24. The molecule has 1 aromatic rings. The Hall–Kier alpha value is -1.56. The van der Waals surface area contributed by atoms with Crippen LogP contribution in [0.15, 0.2) is 24.3 Å². The highest BCUT2D eigenvalue weighted by Crippen LogP contribution is 2.18. The van der Waals surface area contributed by atoms with Crippen molar-refractivity contribution in [3.8, 4) is 0 Å². The van der Waals surface area contributed by atoms with E-state index in [1.807, 2.05) is 39.8 Å². The predicted octanol–water partition coefficient (Wildman–Crippen LogP) is 2.18. The minimum absolute atomic E-state index is 0.0951. The summed E-state index contributed by atoms with van der Waals surface area (Å²) in [6.07, 6.45) is 2.08. The van der Waals surface area contributed by atoms with E-state index in [1.54, 1.807) is 12.1 Å². The number of anilines is 1. The first-order chi connectivity index (χ1) is 10.1. The highest BCUT2D eigenvalue weighted by molar-refractivity contribution is 7.92. The molecule has 0 radical (unpaired) electrons.